The van der Waals surface area contributed by atoms with E-state index in [4.69, 9.17) is 4.74 Å². The first-order valence-corrected chi connectivity index (χ1v) is 15.4. The molecule has 210 valence electrons. The number of hydrogen-bond donors (Lipinski definition) is 2. The molecule has 0 aliphatic heterocycles. The zero-order valence-corrected chi connectivity index (χ0v) is 24.6. The van der Waals surface area contributed by atoms with E-state index in [0.29, 0.717) is 36.2 Å². The van der Waals surface area contributed by atoms with Gasteiger partial charge >= 0.3 is 5.97 Å². The van der Waals surface area contributed by atoms with Gasteiger partial charge in [0.05, 0.1) is 19.3 Å². The van der Waals surface area contributed by atoms with Gasteiger partial charge in [-0.2, -0.15) is 0 Å². The van der Waals surface area contributed by atoms with Gasteiger partial charge in [-0.15, -0.1) is 0 Å². The SMILES string of the molecule is C=C(CC)[C@@H]1CC[C@]2(COC(C)=O)CC[C@]3(C)C(CCC4[C@@]5(C)CC[C@H](O)[C@@](C)(CO)C5CC[C@]43C)C12. The Morgan fingerprint density at radius 1 is 0.919 bits per heavy atom. The van der Waals surface area contributed by atoms with Gasteiger partial charge in [0.1, 0.15) is 0 Å². The lowest BCUT2D eigenvalue weighted by Crippen LogP contribution is -2.67. The van der Waals surface area contributed by atoms with Gasteiger partial charge in [-0.25, -0.2) is 0 Å². The van der Waals surface area contributed by atoms with Gasteiger partial charge in [0.15, 0.2) is 0 Å². The molecule has 0 saturated heterocycles. The van der Waals surface area contributed by atoms with Crippen molar-refractivity contribution in [1.82, 2.24) is 0 Å². The van der Waals surface area contributed by atoms with Crippen molar-refractivity contribution in [1.29, 1.82) is 0 Å². The molecule has 0 aromatic rings. The predicted octanol–water partition coefficient (Wildman–Crippen LogP) is 6.93. The largest absolute Gasteiger partial charge is 0.465 e. The number of aliphatic hydroxyl groups excluding tert-OH is 2. The summed E-state index contributed by atoms with van der Waals surface area (Å²) in [7, 11) is 0. The Morgan fingerprint density at radius 3 is 2.30 bits per heavy atom. The molecule has 5 saturated carbocycles. The third kappa shape index (κ3) is 3.63. The fourth-order valence-electron chi connectivity index (χ4n) is 12.0. The maximum absolute atomic E-state index is 11.9. The van der Waals surface area contributed by atoms with E-state index in [-0.39, 0.29) is 34.2 Å². The van der Waals surface area contributed by atoms with Crippen LogP contribution in [0.3, 0.4) is 0 Å². The van der Waals surface area contributed by atoms with Crippen LogP contribution in [-0.2, 0) is 9.53 Å². The Labute approximate surface area is 226 Å². The molecule has 5 aliphatic carbocycles. The highest BCUT2D eigenvalue weighted by Gasteiger charge is 2.71. The lowest BCUT2D eigenvalue weighted by atomic mass is 9.32. The highest BCUT2D eigenvalue weighted by molar-refractivity contribution is 5.65. The second-order valence-electron chi connectivity index (χ2n) is 15.2. The Balaban J connectivity index is 1.53. The highest BCUT2D eigenvalue weighted by atomic mass is 16.5. The normalized spacial score (nSPS) is 52.9. The number of hydrogen-bond acceptors (Lipinski definition) is 4. The van der Waals surface area contributed by atoms with E-state index in [2.05, 4.69) is 41.2 Å². The summed E-state index contributed by atoms with van der Waals surface area (Å²) in [6.07, 6.45) is 12.0. The fraction of sp³-hybridized carbons (Fsp3) is 0.909. The Morgan fingerprint density at radius 2 is 1.65 bits per heavy atom. The van der Waals surface area contributed by atoms with Crippen LogP contribution in [0.2, 0.25) is 0 Å². The first-order chi connectivity index (χ1) is 17.3. The van der Waals surface area contributed by atoms with Crippen LogP contribution < -0.4 is 0 Å². The van der Waals surface area contributed by atoms with Crippen molar-refractivity contribution in [2.75, 3.05) is 13.2 Å². The Kier molecular flexibility index (Phi) is 6.80. The van der Waals surface area contributed by atoms with E-state index in [1.54, 1.807) is 6.92 Å². The number of fused-ring (bicyclic) bond motifs is 7. The van der Waals surface area contributed by atoms with Crippen LogP contribution in [0.1, 0.15) is 112 Å². The zero-order chi connectivity index (χ0) is 27.0. The van der Waals surface area contributed by atoms with Crippen LogP contribution in [0, 0.1) is 56.7 Å². The molecule has 5 fully saturated rings. The van der Waals surface area contributed by atoms with Crippen molar-refractivity contribution in [3.63, 3.8) is 0 Å². The predicted molar refractivity (Wildman–Crippen MR) is 148 cm³/mol. The number of esters is 1. The number of allylic oxidation sites excluding steroid dienone is 1. The molecule has 0 radical (unpaired) electrons. The monoisotopic (exact) mass is 514 g/mol. The molecule has 0 spiro atoms. The van der Waals surface area contributed by atoms with Crippen LogP contribution in [-0.4, -0.2) is 35.5 Å². The minimum absolute atomic E-state index is 0.0826. The highest BCUT2D eigenvalue weighted by Crippen LogP contribution is 2.77. The van der Waals surface area contributed by atoms with E-state index in [1.807, 2.05) is 0 Å². The van der Waals surface area contributed by atoms with E-state index < -0.39 is 11.5 Å². The lowest BCUT2D eigenvalue weighted by molar-refractivity contribution is -0.255. The molecule has 11 atom stereocenters. The smallest absolute Gasteiger partial charge is 0.302 e. The molecular formula is C33H54O4. The van der Waals surface area contributed by atoms with Gasteiger partial charge in [-0.05, 0) is 116 Å². The molecule has 0 heterocycles. The number of rotatable bonds is 5. The third-order valence-electron chi connectivity index (χ3n) is 14.3. The number of aliphatic hydroxyl groups is 2. The molecule has 5 aliphatic rings. The summed E-state index contributed by atoms with van der Waals surface area (Å²) in [5.74, 6) is 2.57. The molecule has 0 aromatic carbocycles. The van der Waals surface area contributed by atoms with Gasteiger partial charge in [0, 0.05) is 17.8 Å². The molecule has 4 heteroatoms. The molecule has 4 nitrogen and oxygen atoms in total. The molecule has 0 aromatic heterocycles. The van der Waals surface area contributed by atoms with Crippen molar-refractivity contribution in [3.8, 4) is 0 Å². The Hall–Kier alpha value is -0.870. The first kappa shape index (κ1) is 27.7. The standard InChI is InChI=1S/C33H54O4/c1-8-21(2)23-11-16-33(20-37-22(3)35)18-17-31(6)24(28(23)33)9-10-26-29(4)14-13-27(36)30(5,19-34)25(29)12-15-32(26,31)7/h23-28,34,36H,2,8-20H2,1,3-7H3/t23-,24?,25?,26?,27-,28?,29-,30-,31+,32+,33+/m0/s1. The van der Waals surface area contributed by atoms with Gasteiger partial charge in [-0.3, -0.25) is 4.79 Å². The lowest BCUT2D eigenvalue weighted by Gasteiger charge is -2.73. The summed E-state index contributed by atoms with van der Waals surface area (Å²) >= 11 is 0. The quantitative estimate of drug-likeness (QED) is 0.308. The molecule has 0 bridgehead atoms. The second-order valence-corrected chi connectivity index (χ2v) is 15.2. The summed E-state index contributed by atoms with van der Waals surface area (Å²) in [4.78, 5) is 11.9. The average Bonchev–Trinajstić information content (AvgIpc) is 3.25. The van der Waals surface area contributed by atoms with Gasteiger partial charge in [0.2, 0.25) is 0 Å². The maximum Gasteiger partial charge on any atom is 0.302 e. The average molecular weight is 515 g/mol. The van der Waals surface area contributed by atoms with Gasteiger partial charge in [-0.1, -0.05) is 46.8 Å². The summed E-state index contributed by atoms with van der Waals surface area (Å²) in [5, 5.41) is 21.5. The second kappa shape index (κ2) is 9.08. The number of carbonyl (C=O) groups excluding carboxylic acids is 1. The minimum atomic E-state index is -0.400. The van der Waals surface area contributed by atoms with Crippen molar-refractivity contribution in [2.45, 2.75) is 118 Å². The number of ether oxygens (including phenoxy) is 1. The first-order valence-electron chi connectivity index (χ1n) is 15.4. The van der Waals surface area contributed by atoms with Crippen LogP contribution in [0.15, 0.2) is 12.2 Å². The van der Waals surface area contributed by atoms with E-state index in [0.717, 1.165) is 38.5 Å². The topological polar surface area (TPSA) is 66.8 Å². The van der Waals surface area contributed by atoms with Crippen molar-refractivity contribution in [2.24, 2.45) is 56.7 Å². The maximum atomic E-state index is 11.9. The zero-order valence-electron chi connectivity index (χ0n) is 24.6. The fourth-order valence-corrected chi connectivity index (χ4v) is 12.0. The third-order valence-corrected chi connectivity index (χ3v) is 14.3. The van der Waals surface area contributed by atoms with E-state index in [9.17, 15) is 15.0 Å². The van der Waals surface area contributed by atoms with Crippen LogP contribution in [0.5, 0.6) is 0 Å². The van der Waals surface area contributed by atoms with E-state index >= 15 is 0 Å². The summed E-state index contributed by atoms with van der Waals surface area (Å²) in [6.45, 7) is 19.0. The van der Waals surface area contributed by atoms with Gasteiger partial charge < -0.3 is 14.9 Å². The summed E-state index contributed by atoms with van der Waals surface area (Å²) < 4.78 is 5.81. The van der Waals surface area contributed by atoms with Crippen LogP contribution in [0.4, 0.5) is 0 Å². The molecular weight excluding hydrogens is 460 g/mol. The summed E-state index contributed by atoms with van der Waals surface area (Å²) in [5.41, 5.74) is 1.76. The minimum Gasteiger partial charge on any atom is -0.465 e. The van der Waals surface area contributed by atoms with Crippen molar-refractivity contribution >= 4 is 5.97 Å². The van der Waals surface area contributed by atoms with Crippen LogP contribution in [0.25, 0.3) is 0 Å². The van der Waals surface area contributed by atoms with Crippen LogP contribution >= 0.6 is 0 Å². The van der Waals surface area contributed by atoms with Crippen molar-refractivity contribution < 1.29 is 19.7 Å². The Bertz CT molecular complexity index is 929. The molecule has 2 N–H and O–H groups in total. The molecule has 5 rings (SSSR count). The molecule has 37 heavy (non-hydrogen) atoms. The summed E-state index contributed by atoms with van der Waals surface area (Å²) in [6, 6.07) is 0. The molecule has 0 amide bonds. The van der Waals surface area contributed by atoms with Gasteiger partial charge in [0.25, 0.3) is 0 Å². The van der Waals surface area contributed by atoms with Crippen molar-refractivity contribution in [3.05, 3.63) is 12.2 Å². The molecule has 4 unspecified atom stereocenters. The van der Waals surface area contributed by atoms with E-state index in [1.165, 1.54) is 37.7 Å². The number of carbonyl (C=O) groups is 1.